The molecule has 0 aliphatic heterocycles. The molecule has 0 saturated heterocycles. The quantitative estimate of drug-likeness (QED) is 0.649. The van der Waals surface area contributed by atoms with Gasteiger partial charge in [-0.1, -0.05) is 13.3 Å². The Morgan fingerprint density at radius 1 is 1.24 bits per heavy atom. The Bertz CT molecular complexity index is 323. The summed E-state index contributed by atoms with van der Waals surface area (Å²) >= 11 is 0. The van der Waals surface area contributed by atoms with Gasteiger partial charge < -0.3 is 20.1 Å². The van der Waals surface area contributed by atoms with Crippen LogP contribution in [0.25, 0.3) is 0 Å². The van der Waals surface area contributed by atoms with E-state index in [1.807, 2.05) is 20.8 Å². The van der Waals surface area contributed by atoms with Crippen molar-refractivity contribution in [3.63, 3.8) is 0 Å². The fourth-order valence-corrected chi connectivity index (χ4v) is 2.21. The third-order valence-corrected chi connectivity index (χ3v) is 3.61. The first-order valence-electron chi connectivity index (χ1n) is 7.62. The van der Waals surface area contributed by atoms with Crippen molar-refractivity contribution < 1.29 is 19.4 Å². The molecule has 0 aromatic rings. The maximum Gasteiger partial charge on any atom is 0.317 e. The van der Waals surface area contributed by atoms with Crippen LogP contribution in [0, 0.1) is 5.92 Å². The smallest absolute Gasteiger partial charge is 0.317 e. The number of methoxy groups -OCH3 is 1. The minimum Gasteiger partial charge on any atom is -0.481 e. The molecule has 3 unspecified atom stereocenters. The number of likely N-dealkylation sites (N-methyl/N-ethyl adjacent to an activating group) is 1. The molecule has 0 aliphatic carbocycles. The van der Waals surface area contributed by atoms with Crippen LogP contribution in [0.4, 0.5) is 4.79 Å². The number of aliphatic carboxylic acids is 1. The number of carbonyl (C=O) groups is 2. The summed E-state index contributed by atoms with van der Waals surface area (Å²) in [5.41, 5.74) is 0. The van der Waals surface area contributed by atoms with E-state index < -0.39 is 5.97 Å². The van der Waals surface area contributed by atoms with Gasteiger partial charge in [-0.3, -0.25) is 4.79 Å². The summed E-state index contributed by atoms with van der Waals surface area (Å²) in [6, 6.07) is -0.0395. The number of nitrogens with zero attached hydrogens (tertiary/aromatic N) is 1. The summed E-state index contributed by atoms with van der Waals surface area (Å²) < 4.78 is 5.08. The lowest BCUT2D eigenvalue weighted by molar-refractivity contribution is -0.141. The number of amides is 2. The van der Waals surface area contributed by atoms with Crippen LogP contribution in [0.3, 0.4) is 0 Å². The highest BCUT2D eigenvalue weighted by molar-refractivity contribution is 5.74. The molecule has 6 heteroatoms. The second-order valence-corrected chi connectivity index (χ2v) is 5.61. The molecule has 2 amide bonds. The van der Waals surface area contributed by atoms with Gasteiger partial charge in [-0.2, -0.15) is 0 Å². The molecule has 3 atom stereocenters. The van der Waals surface area contributed by atoms with Gasteiger partial charge in [0.15, 0.2) is 0 Å². The molecular weight excluding hydrogens is 272 g/mol. The third kappa shape index (κ3) is 7.90. The second kappa shape index (κ2) is 10.4. The molecule has 0 bridgehead atoms. The number of carboxylic acids is 1. The first-order chi connectivity index (χ1) is 9.83. The van der Waals surface area contributed by atoms with Gasteiger partial charge in [0.25, 0.3) is 0 Å². The van der Waals surface area contributed by atoms with E-state index in [2.05, 4.69) is 5.32 Å². The Hall–Kier alpha value is -1.30. The van der Waals surface area contributed by atoms with Crippen LogP contribution in [0.5, 0.6) is 0 Å². The first-order valence-corrected chi connectivity index (χ1v) is 7.62. The van der Waals surface area contributed by atoms with Crippen molar-refractivity contribution in [1.82, 2.24) is 10.2 Å². The van der Waals surface area contributed by atoms with Crippen molar-refractivity contribution >= 4 is 12.0 Å². The SMILES string of the molecule is CCN(C(=O)NC(C)CCCC(C)C(=O)O)C(C)COC. The lowest BCUT2D eigenvalue weighted by Crippen LogP contribution is -2.49. The number of carbonyl (C=O) groups excluding carboxylic acids is 1. The Morgan fingerprint density at radius 2 is 1.86 bits per heavy atom. The van der Waals surface area contributed by atoms with Crippen LogP contribution >= 0.6 is 0 Å². The van der Waals surface area contributed by atoms with Crippen molar-refractivity contribution in [2.45, 2.75) is 59.0 Å². The standard InChI is InChI=1S/C15H30N2O4/c1-6-17(13(4)10-21-5)15(20)16-12(3)9-7-8-11(2)14(18)19/h11-13H,6-10H2,1-5H3,(H,16,20)(H,18,19). The highest BCUT2D eigenvalue weighted by atomic mass is 16.5. The lowest BCUT2D eigenvalue weighted by atomic mass is 10.0. The van der Waals surface area contributed by atoms with E-state index in [1.54, 1.807) is 18.9 Å². The number of urea groups is 1. The van der Waals surface area contributed by atoms with Gasteiger partial charge >= 0.3 is 12.0 Å². The molecule has 0 saturated carbocycles. The number of ether oxygens (including phenoxy) is 1. The molecule has 21 heavy (non-hydrogen) atoms. The van der Waals surface area contributed by atoms with Crippen LogP contribution in [-0.4, -0.2) is 54.4 Å². The molecule has 0 radical (unpaired) electrons. The summed E-state index contributed by atoms with van der Waals surface area (Å²) in [6.45, 7) is 8.66. The van der Waals surface area contributed by atoms with Gasteiger partial charge in [0.1, 0.15) is 0 Å². The van der Waals surface area contributed by atoms with Gasteiger partial charge in [-0.05, 0) is 33.6 Å². The number of carboxylic acid groups (broad SMARTS) is 1. The van der Waals surface area contributed by atoms with Gasteiger partial charge in [0, 0.05) is 19.7 Å². The summed E-state index contributed by atoms with van der Waals surface area (Å²) in [4.78, 5) is 24.6. The van der Waals surface area contributed by atoms with Crippen molar-refractivity contribution in [1.29, 1.82) is 0 Å². The molecule has 0 fully saturated rings. The van der Waals surface area contributed by atoms with Crippen LogP contribution in [0.1, 0.15) is 47.0 Å². The first kappa shape index (κ1) is 19.7. The monoisotopic (exact) mass is 302 g/mol. The average molecular weight is 302 g/mol. The largest absolute Gasteiger partial charge is 0.481 e. The summed E-state index contributed by atoms with van der Waals surface area (Å²) in [5, 5.41) is 11.8. The van der Waals surface area contributed by atoms with Gasteiger partial charge in [-0.25, -0.2) is 4.79 Å². The number of nitrogens with one attached hydrogen (secondary N) is 1. The number of hydrogen-bond donors (Lipinski definition) is 2. The molecule has 2 N–H and O–H groups in total. The fourth-order valence-electron chi connectivity index (χ4n) is 2.21. The van der Waals surface area contributed by atoms with Crippen molar-refractivity contribution in [2.24, 2.45) is 5.92 Å². The minimum absolute atomic E-state index is 0.0271. The summed E-state index contributed by atoms with van der Waals surface area (Å²) in [7, 11) is 1.62. The van der Waals surface area contributed by atoms with Gasteiger partial charge in [0.05, 0.1) is 18.6 Å². The van der Waals surface area contributed by atoms with Crippen molar-refractivity contribution in [2.75, 3.05) is 20.3 Å². The molecule has 6 nitrogen and oxygen atoms in total. The Balaban J connectivity index is 4.15. The van der Waals surface area contributed by atoms with E-state index in [-0.39, 0.29) is 24.0 Å². The zero-order valence-corrected chi connectivity index (χ0v) is 13.9. The molecular formula is C15H30N2O4. The second-order valence-electron chi connectivity index (χ2n) is 5.61. The summed E-state index contributed by atoms with van der Waals surface area (Å²) in [5.74, 6) is -1.10. The van der Waals surface area contributed by atoms with Gasteiger partial charge in [-0.15, -0.1) is 0 Å². The Labute approximate surface area is 127 Å². The van der Waals surface area contributed by atoms with Crippen molar-refractivity contribution in [3.05, 3.63) is 0 Å². The third-order valence-electron chi connectivity index (χ3n) is 3.61. The molecule has 0 aliphatic rings. The Kier molecular flexibility index (Phi) is 9.78. The highest BCUT2D eigenvalue weighted by Gasteiger charge is 2.20. The molecule has 0 aromatic carbocycles. The average Bonchev–Trinajstić information content (AvgIpc) is 2.39. The van der Waals surface area contributed by atoms with Crippen LogP contribution < -0.4 is 5.32 Å². The van der Waals surface area contributed by atoms with E-state index in [9.17, 15) is 9.59 Å². The minimum atomic E-state index is -0.766. The van der Waals surface area contributed by atoms with E-state index in [0.29, 0.717) is 19.6 Å². The van der Waals surface area contributed by atoms with Gasteiger partial charge in [0.2, 0.25) is 0 Å². The predicted octanol–water partition coefficient (Wildman–Crippen LogP) is 2.33. The van der Waals surface area contributed by atoms with Crippen LogP contribution in [-0.2, 0) is 9.53 Å². The van der Waals surface area contributed by atoms with Crippen LogP contribution in [0.15, 0.2) is 0 Å². The van der Waals surface area contributed by atoms with E-state index in [1.165, 1.54) is 0 Å². The normalized spacial score (nSPS) is 15.1. The number of hydrogen-bond acceptors (Lipinski definition) is 3. The Morgan fingerprint density at radius 3 is 2.33 bits per heavy atom. The van der Waals surface area contributed by atoms with Crippen molar-refractivity contribution in [3.8, 4) is 0 Å². The molecule has 0 aromatic heterocycles. The highest BCUT2D eigenvalue weighted by Crippen LogP contribution is 2.10. The maximum absolute atomic E-state index is 12.2. The van der Waals surface area contributed by atoms with Crippen LogP contribution in [0.2, 0.25) is 0 Å². The topological polar surface area (TPSA) is 78.9 Å². The lowest BCUT2D eigenvalue weighted by Gasteiger charge is -2.29. The fraction of sp³-hybridized carbons (Fsp3) is 0.867. The zero-order valence-electron chi connectivity index (χ0n) is 13.9. The molecule has 0 rings (SSSR count). The molecule has 124 valence electrons. The summed E-state index contributed by atoms with van der Waals surface area (Å²) in [6.07, 6.45) is 2.20. The molecule has 0 spiro atoms. The number of rotatable bonds is 10. The molecule has 0 heterocycles. The van der Waals surface area contributed by atoms with E-state index >= 15 is 0 Å². The maximum atomic E-state index is 12.2. The zero-order chi connectivity index (χ0) is 16.4. The van der Waals surface area contributed by atoms with E-state index in [0.717, 1.165) is 12.8 Å². The van der Waals surface area contributed by atoms with E-state index in [4.69, 9.17) is 9.84 Å². The predicted molar refractivity (Wildman–Crippen MR) is 82.4 cm³/mol.